The Morgan fingerprint density at radius 3 is 2.53 bits per heavy atom. The quantitative estimate of drug-likeness (QED) is 0.895. The molecule has 0 aliphatic rings. The monoisotopic (exact) mass is 295 g/mol. The molecule has 0 heterocycles. The van der Waals surface area contributed by atoms with Crippen LogP contribution in [0.15, 0.2) is 42.5 Å². The van der Waals surface area contributed by atoms with Gasteiger partial charge in [-0.1, -0.05) is 35.3 Å². The van der Waals surface area contributed by atoms with Crippen LogP contribution < -0.4 is 10.5 Å². The molecule has 0 radical (unpaired) electrons. The summed E-state index contributed by atoms with van der Waals surface area (Å²) in [5.41, 5.74) is 7.83. The SMILES string of the molecule is C[C@@H](N)c1cc(Cl)ccc1OCc1cccc(Cl)c1. The summed E-state index contributed by atoms with van der Waals surface area (Å²) in [7, 11) is 0. The van der Waals surface area contributed by atoms with Crippen molar-refractivity contribution in [2.75, 3.05) is 0 Å². The van der Waals surface area contributed by atoms with Crippen LogP contribution in [0.3, 0.4) is 0 Å². The van der Waals surface area contributed by atoms with E-state index >= 15 is 0 Å². The molecule has 0 aliphatic carbocycles. The third kappa shape index (κ3) is 3.87. The third-order valence-corrected chi connectivity index (χ3v) is 3.22. The Bertz CT molecular complexity index is 570. The van der Waals surface area contributed by atoms with Crippen molar-refractivity contribution in [2.24, 2.45) is 5.73 Å². The first-order chi connectivity index (χ1) is 9.06. The molecule has 0 aromatic heterocycles. The lowest BCUT2D eigenvalue weighted by Gasteiger charge is -2.14. The van der Waals surface area contributed by atoms with E-state index in [1.807, 2.05) is 43.3 Å². The lowest BCUT2D eigenvalue weighted by Crippen LogP contribution is -2.08. The molecule has 2 aromatic rings. The molecule has 0 unspecified atom stereocenters. The highest BCUT2D eigenvalue weighted by Crippen LogP contribution is 2.28. The molecule has 0 spiro atoms. The summed E-state index contributed by atoms with van der Waals surface area (Å²) in [5, 5.41) is 1.35. The maximum Gasteiger partial charge on any atom is 0.124 e. The number of hydrogen-bond donors (Lipinski definition) is 1. The largest absolute Gasteiger partial charge is 0.489 e. The van der Waals surface area contributed by atoms with Crippen LogP contribution in [-0.4, -0.2) is 0 Å². The molecule has 2 aromatic carbocycles. The number of rotatable bonds is 4. The summed E-state index contributed by atoms with van der Waals surface area (Å²) >= 11 is 11.9. The minimum Gasteiger partial charge on any atom is -0.489 e. The second-order valence-electron chi connectivity index (χ2n) is 4.39. The molecule has 2 rings (SSSR count). The van der Waals surface area contributed by atoms with E-state index in [4.69, 9.17) is 33.7 Å². The summed E-state index contributed by atoms with van der Waals surface area (Å²) in [6.07, 6.45) is 0. The summed E-state index contributed by atoms with van der Waals surface area (Å²) in [6, 6.07) is 12.9. The second-order valence-corrected chi connectivity index (χ2v) is 5.26. The lowest BCUT2D eigenvalue weighted by atomic mass is 10.1. The van der Waals surface area contributed by atoms with Gasteiger partial charge in [0.25, 0.3) is 0 Å². The highest BCUT2D eigenvalue weighted by Gasteiger charge is 2.09. The molecule has 2 N–H and O–H groups in total. The second kappa shape index (κ2) is 6.29. The zero-order valence-electron chi connectivity index (χ0n) is 10.6. The molecule has 0 aliphatic heterocycles. The van der Waals surface area contributed by atoms with Crippen LogP contribution in [0.25, 0.3) is 0 Å². The number of benzene rings is 2. The van der Waals surface area contributed by atoms with Gasteiger partial charge in [-0.25, -0.2) is 0 Å². The van der Waals surface area contributed by atoms with E-state index < -0.39 is 0 Å². The minimum absolute atomic E-state index is 0.131. The van der Waals surface area contributed by atoms with Crippen molar-refractivity contribution in [1.82, 2.24) is 0 Å². The van der Waals surface area contributed by atoms with Crippen LogP contribution in [0.4, 0.5) is 0 Å². The Hall–Kier alpha value is -1.22. The van der Waals surface area contributed by atoms with Gasteiger partial charge in [0.2, 0.25) is 0 Å². The number of ether oxygens (including phenoxy) is 1. The summed E-state index contributed by atoms with van der Waals surface area (Å²) in [5.74, 6) is 0.749. The standard InChI is InChI=1S/C15H15Cl2NO/c1-10(18)14-8-13(17)5-6-15(14)19-9-11-3-2-4-12(16)7-11/h2-8,10H,9,18H2,1H3/t10-/m1/s1. The van der Waals surface area contributed by atoms with Gasteiger partial charge in [0.1, 0.15) is 12.4 Å². The zero-order valence-corrected chi connectivity index (χ0v) is 12.1. The fraction of sp³-hybridized carbons (Fsp3) is 0.200. The molecule has 0 fully saturated rings. The van der Waals surface area contributed by atoms with Crippen LogP contribution in [0, 0.1) is 0 Å². The van der Waals surface area contributed by atoms with Gasteiger partial charge < -0.3 is 10.5 Å². The van der Waals surface area contributed by atoms with Gasteiger partial charge in [0.05, 0.1) is 0 Å². The van der Waals surface area contributed by atoms with E-state index in [2.05, 4.69) is 0 Å². The highest BCUT2D eigenvalue weighted by atomic mass is 35.5. The molecule has 100 valence electrons. The Kier molecular flexibility index (Phi) is 4.70. The van der Waals surface area contributed by atoms with E-state index in [0.29, 0.717) is 16.7 Å². The van der Waals surface area contributed by atoms with E-state index in [1.54, 1.807) is 6.07 Å². The van der Waals surface area contributed by atoms with E-state index in [1.165, 1.54) is 0 Å². The topological polar surface area (TPSA) is 35.2 Å². The van der Waals surface area contributed by atoms with Crippen LogP contribution >= 0.6 is 23.2 Å². The van der Waals surface area contributed by atoms with Gasteiger partial charge in [-0.3, -0.25) is 0 Å². The van der Waals surface area contributed by atoms with Gasteiger partial charge in [-0.2, -0.15) is 0 Å². The molecule has 2 nitrogen and oxygen atoms in total. The molecule has 19 heavy (non-hydrogen) atoms. The van der Waals surface area contributed by atoms with Gasteiger partial charge >= 0.3 is 0 Å². The van der Waals surface area contributed by atoms with Crippen molar-refractivity contribution in [2.45, 2.75) is 19.6 Å². The maximum absolute atomic E-state index is 5.97. The summed E-state index contributed by atoms with van der Waals surface area (Å²) in [6.45, 7) is 2.35. The van der Waals surface area contributed by atoms with Gasteiger partial charge in [-0.05, 0) is 42.8 Å². The first kappa shape index (κ1) is 14.2. The highest BCUT2D eigenvalue weighted by molar-refractivity contribution is 6.30. The van der Waals surface area contributed by atoms with Crippen LogP contribution in [-0.2, 0) is 6.61 Å². The van der Waals surface area contributed by atoms with Crippen molar-refractivity contribution in [3.63, 3.8) is 0 Å². The predicted molar refractivity (Wildman–Crippen MR) is 79.8 cm³/mol. The van der Waals surface area contributed by atoms with Crippen molar-refractivity contribution in [3.05, 3.63) is 63.6 Å². The average molecular weight is 296 g/mol. The van der Waals surface area contributed by atoms with Crippen molar-refractivity contribution in [1.29, 1.82) is 0 Å². The molecule has 0 amide bonds. The number of nitrogens with two attached hydrogens (primary N) is 1. The normalized spacial score (nSPS) is 12.2. The Labute approximate surface area is 123 Å². The molecule has 0 saturated carbocycles. The van der Waals surface area contributed by atoms with Crippen LogP contribution in [0.5, 0.6) is 5.75 Å². The fourth-order valence-electron chi connectivity index (χ4n) is 1.79. The Balaban J connectivity index is 2.15. The summed E-state index contributed by atoms with van der Waals surface area (Å²) < 4.78 is 5.80. The molecular weight excluding hydrogens is 281 g/mol. The molecule has 1 atom stereocenters. The lowest BCUT2D eigenvalue weighted by molar-refractivity contribution is 0.301. The molecule has 0 saturated heterocycles. The van der Waals surface area contributed by atoms with Crippen LogP contribution in [0.1, 0.15) is 24.1 Å². The van der Waals surface area contributed by atoms with Crippen LogP contribution in [0.2, 0.25) is 10.0 Å². The van der Waals surface area contributed by atoms with Gasteiger partial charge in [-0.15, -0.1) is 0 Å². The number of halogens is 2. The van der Waals surface area contributed by atoms with Gasteiger partial charge in [0, 0.05) is 21.7 Å². The average Bonchev–Trinajstić information content (AvgIpc) is 2.37. The van der Waals surface area contributed by atoms with Crippen molar-refractivity contribution in [3.8, 4) is 5.75 Å². The van der Waals surface area contributed by atoms with Crippen molar-refractivity contribution >= 4 is 23.2 Å². The minimum atomic E-state index is -0.131. The third-order valence-electron chi connectivity index (χ3n) is 2.75. The Morgan fingerprint density at radius 2 is 1.84 bits per heavy atom. The van der Waals surface area contributed by atoms with Crippen molar-refractivity contribution < 1.29 is 4.74 Å². The van der Waals surface area contributed by atoms with E-state index in [0.717, 1.165) is 16.9 Å². The zero-order chi connectivity index (χ0) is 13.8. The maximum atomic E-state index is 5.97. The van der Waals surface area contributed by atoms with Gasteiger partial charge in [0.15, 0.2) is 0 Å². The Morgan fingerprint density at radius 1 is 1.11 bits per heavy atom. The van der Waals surface area contributed by atoms with E-state index in [-0.39, 0.29) is 6.04 Å². The molecule has 0 bridgehead atoms. The fourth-order valence-corrected chi connectivity index (χ4v) is 2.19. The summed E-state index contributed by atoms with van der Waals surface area (Å²) in [4.78, 5) is 0. The predicted octanol–water partition coefficient (Wildman–Crippen LogP) is 4.59. The molecular formula is C15H15Cl2NO. The number of hydrogen-bond acceptors (Lipinski definition) is 2. The van der Waals surface area contributed by atoms with E-state index in [9.17, 15) is 0 Å². The smallest absolute Gasteiger partial charge is 0.124 e. The first-order valence-electron chi connectivity index (χ1n) is 5.98. The molecule has 4 heteroatoms. The first-order valence-corrected chi connectivity index (χ1v) is 6.74.